The van der Waals surface area contributed by atoms with E-state index in [0.29, 0.717) is 17.7 Å². The van der Waals surface area contributed by atoms with Crippen LogP contribution in [0.15, 0.2) is 54.6 Å². The van der Waals surface area contributed by atoms with Crippen LogP contribution in [-0.4, -0.2) is 41.6 Å². The highest BCUT2D eigenvalue weighted by Crippen LogP contribution is 2.20. The maximum Gasteiger partial charge on any atom is 0.251 e. The lowest BCUT2D eigenvalue weighted by Crippen LogP contribution is -2.45. The van der Waals surface area contributed by atoms with Crippen molar-refractivity contribution >= 4 is 5.91 Å². The summed E-state index contributed by atoms with van der Waals surface area (Å²) in [5.74, 6) is -0.426. The number of hydrogen-bond donors (Lipinski definition) is 2. The molecule has 1 amide bonds. The number of hydrogen-bond acceptors (Lipinski definition) is 3. The molecule has 0 bridgehead atoms. The summed E-state index contributed by atoms with van der Waals surface area (Å²) in [6.07, 6.45) is 0.808. The lowest BCUT2D eigenvalue weighted by molar-refractivity contribution is 0.0818. The number of piperidine rings is 1. The summed E-state index contributed by atoms with van der Waals surface area (Å²) in [5.41, 5.74) is 1.00. The van der Waals surface area contributed by atoms with Crippen molar-refractivity contribution < 1.29 is 14.3 Å². The van der Waals surface area contributed by atoms with E-state index in [1.165, 1.54) is 6.07 Å². The predicted molar refractivity (Wildman–Crippen MR) is 94.7 cm³/mol. The number of amides is 1. The topological polar surface area (TPSA) is 52.6 Å². The van der Waals surface area contributed by atoms with Gasteiger partial charge in [-0.1, -0.05) is 36.4 Å². The van der Waals surface area contributed by atoms with Gasteiger partial charge in [0.1, 0.15) is 5.82 Å². The van der Waals surface area contributed by atoms with Gasteiger partial charge in [0.25, 0.3) is 5.91 Å². The Morgan fingerprint density at radius 3 is 2.44 bits per heavy atom. The molecule has 0 radical (unpaired) electrons. The Morgan fingerprint density at radius 2 is 1.76 bits per heavy atom. The number of aliphatic hydroxyl groups excluding tert-OH is 1. The molecule has 1 aliphatic rings. The van der Waals surface area contributed by atoms with Crippen LogP contribution in [-0.2, 0) is 0 Å². The standard InChI is InChI=1S/C20H23FN2O2/c21-18-9-5-4-8-17(18)19(24)14-23-12-10-16(11-13-23)22-20(25)15-6-2-1-3-7-15/h1-9,16,19,24H,10-14H2,(H,22,25)/t19-/m0/s1. The highest BCUT2D eigenvalue weighted by atomic mass is 19.1. The molecule has 2 aromatic carbocycles. The zero-order chi connectivity index (χ0) is 17.6. The Kier molecular flexibility index (Phi) is 5.79. The van der Waals surface area contributed by atoms with Crippen molar-refractivity contribution in [1.29, 1.82) is 0 Å². The number of rotatable bonds is 5. The van der Waals surface area contributed by atoms with Crippen molar-refractivity contribution in [1.82, 2.24) is 10.2 Å². The average molecular weight is 342 g/mol. The van der Waals surface area contributed by atoms with Crippen LogP contribution in [0.25, 0.3) is 0 Å². The molecule has 0 spiro atoms. The summed E-state index contributed by atoms with van der Waals surface area (Å²) >= 11 is 0. The Hall–Kier alpha value is -2.24. The zero-order valence-electron chi connectivity index (χ0n) is 14.1. The molecule has 1 fully saturated rings. The van der Waals surface area contributed by atoms with Crippen LogP contribution in [0, 0.1) is 5.82 Å². The lowest BCUT2D eigenvalue weighted by Gasteiger charge is -2.33. The molecule has 4 nitrogen and oxygen atoms in total. The number of nitrogens with zero attached hydrogens (tertiary/aromatic N) is 1. The summed E-state index contributed by atoms with van der Waals surface area (Å²) < 4.78 is 13.7. The van der Waals surface area contributed by atoms with Crippen molar-refractivity contribution in [2.24, 2.45) is 0 Å². The molecule has 0 saturated carbocycles. The molecule has 0 unspecified atom stereocenters. The molecule has 1 atom stereocenters. The van der Waals surface area contributed by atoms with Crippen LogP contribution in [0.3, 0.4) is 0 Å². The highest BCUT2D eigenvalue weighted by molar-refractivity contribution is 5.94. The maximum atomic E-state index is 13.7. The maximum absolute atomic E-state index is 13.7. The minimum absolute atomic E-state index is 0.0505. The first kappa shape index (κ1) is 17.6. The largest absolute Gasteiger partial charge is 0.387 e. The molecule has 0 aromatic heterocycles. The minimum Gasteiger partial charge on any atom is -0.387 e. The third kappa shape index (κ3) is 4.65. The third-order valence-electron chi connectivity index (χ3n) is 4.65. The minimum atomic E-state index is -0.836. The van der Waals surface area contributed by atoms with Crippen molar-refractivity contribution in [3.8, 4) is 0 Å². The Bertz CT molecular complexity index is 700. The summed E-state index contributed by atoms with van der Waals surface area (Å²) in [4.78, 5) is 14.3. The molecule has 1 aliphatic heterocycles. The second-order valence-corrected chi connectivity index (χ2v) is 6.45. The van der Waals surface area contributed by atoms with Crippen LogP contribution < -0.4 is 5.32 Å². The van der Waals surface area contributed by atoms with Crippen molar-refractivity contribution in [3.63, 3.8) is 0 Å². The number of β-amino-alcohol motifs (C(OH)–C–C–N with tert-alkyl or cyclic N) is 1. The summed E-state index contributed by atoms with van der Waals surface area (Å²) in [6.45, 7) is 1.94. The van der Waals surface area contributed by atoms with Gasteiger partial charge in [0.2, 0.25) is 0 Å². The normalized spacial score (nSPS) is 17.2. The van der Waals surface area contributed by atoms with E-state index in [1.54, 1.807) is 30.3 Å². The van der Waals surface area contributed by atoms with Crippen molar-refractivity contribution in [2.45, 2.75) is 25.0 Å². The fourth-order valence-electron chi connectivity index (χ4n) is 3.21. The van der Waals surface area contributed by atoms with Gasteiger partial charge in [-0.2, -0.15) is 0 Å². The molecule has 2 N–H and O–H groups in total. The van der Waals surface area contributed by atoms with E-state index in [-0.39, 0.29) is 17.8 Å². The Morgan fingerprint density at radius 1 is 1.12 bits per heavy atom. The van der Waals surface area contributed by atoms with Gasteiger partial charge in [-0.05, 0) is 31.0 Å². The molecule has 0 aliphatic carbocycles. The van der Waals surface area contributed by atoms with Crippen LogP contribution in [0.1, 0.15) is 34.9 Å². The second-order valence-electron chi connectivity index (χ2n) is 6.45. The summed E-state index contributed by atoms with van der Waals surface area (Å²) in [7, 11) is 0. The lowest BCUT2D eigenvalue weighted by atomic mass is 10.0. The van der Waals surface area contributed by atoms with Crippen molar-refractivity contribution in [2.75, 3.05) is 19.6 Å². The number of benzene rings is 2. The van der Waals surface area contributed by atoms with E-state index < -0.39 is 6.10 Å². The van der Waals surface area contributed by atoms with Gasteiger partial charge in [-0.25, -0.2) is 4.39 Å². The number of nitrogens with one attached hydrogen (secondary N) is 1. The number of likely N-dealkylation sites (tertiary alicyclic amines) is 1. The Labute approximate surface area is 147 Å². The molecule has 1 saturated heterocycles. The number of carbonyl (C=O) groups excluding carboxylic acids is 1. The van der Waals surface area contributed by atoms with Gasteiger partial charge in [0, 0.05) is 36.8 Å². The number of halogens is 1. The fraction of sp³-hybridized carbons (Fsp3) is 0.350. The van der Waals surface area contributed by atoms with E-state index in [0.717, 1.165) is 25.9 Å². The quantitative estimate of drug-likeness (QED) is 0.878. The van der Waals surface area contributed by atoms with Gasteiger partial charge in [0.15, 0.2) is 0 Å². The molecule has 5 heteroatoms. The zero-order valence-corrected chi connectivity index (χ0v) is 14.1. The van der Waals surface area contributed by atoms with E-state index >= 15 is 0 Å². The van der Waals surface area contributed by atoms with E-state index in [2.05, 4.69) is 10.2 Å². The SMILES string of the molecule is O=C(NC1CCN(C[C@H](O)c2ccccc2F)CC1)c1ccccc1. The molecule has 132 valence electrons. The van der Waals surface area contributed by atoms with Gasteiger partial charge >= 0.3 is 0 Å². The monoisotopic (exact) mass is 342 g/mol. The molecule has 3 rings (SSSR count). The van der Waals surface area contributed by atoms with Crippen LogP contribution in [0.4, 0.5) is 4.39 Å². The number of aliphatic hydroxyl groups is 1. The van der Waals surface area contributed by atoms with Crippen LogP contribution in [0.5, 0.6) is 0 Å². The summed E-state index contributed by atoms with van der Waals surface area (Å²) in [6, 6.07) is 15.6. The predicted octanol–water partition coefficient (Wildman–Crippen LogP) is 2.75. The van der Waals surface area contributed by atoms with E-state index in [4.69, 9.17) is 0 Å². The first-order valence-corrected chi connectivity index (χ1v) is 8.64. The summed E-state index contributed by atoms with van der Waals surface area (Å²) in [5, 5.41) is 13.3. The number of carbonyl (C=O) groups is 1. The van der Waals surface area contributed by atoms with E-state index in [1.807, 2.05) is 18.2 Å². The average Bonchev–Trinajstić information content (AvgIpc) is 2.64. The Balaban J connectivity index is 1.47. The molecular weight excluding hydrogens is 319 g/mol. The van der Waals surface area contributed by atoms with E-state index in [9.17, 15) is 14.3 Å². The van der Waals surface area contributed by atoms with Gasteiger partial charge < -0.3 is 15.3 Å². The molecular formula is C20H23FN2O2. The smallest absolute Gasteiger partial charge is 0.251 e. The third-order valence-corrected chi connectivity index (χ3v) is 4.65. The van der Waals surface area contributed by atoms with Gasteiger partial charge in [-0.3, -0.25) is 4.79 Å². The first-order chi connectivity index (χ1) is 12.1. The molecule has 1 heterocycles. The van der Waals surface area contributed by atoms with Crippen LogP contribution >= 0.6 is 0 Å². The van der Waals surface area contributed by atoms with Gasteiger partial charge in [0.05, 0.1) is 6.10 Å². The first-order valence-electron chi connectivity index (χ1n) is 8.64. The highest BCUT2D eigenvalue weighted by Gasteiger charge is 2.23. The molecule has 25 heavy (non-hydrogen) atoms. The van der Waals surface area contributed by atoms with Crippen LogP contribution in [0.2, 0.25) is 0 Å². The second kappa shape index (κ2) is 8.23. The molecule has 2 aromatic rings. The fourth-order valence-corrected chi connectivity index (χ4v) is 3.21. The van der Waals surface area contributed by atoms with Gasteiger partial charge in [-0.15, -0.1) is 0 Å². The van der Waals surface area contributed by atoms with Crippen molar-refractivity contribution in [3.05, 3.63) is 71.5 Å².